The van der Waals surface area contributed by atoms with Crippen LogP contribution in [0, 0.1) is 5.82 Å². The van der Waals surface area contributed by atoms with Crippen LogP contribution >= 0.6 is 22.9 Å². The highest BCUT2D eigenvalue weighted by Crippen LogP contribution is 2.30. The van der Waals surface area contributed by atoms with Gasteiger partial charge in [-0.25, -0.2) is 19.0 Å². The maximum Gasteiger partial charge on any atom is 0.410 e. The normalized spacial score (nSPS) is 13.1. The number of Topliss-reactive ketones (excluding diaryl/α,β-unsaturated/α-hetero) is 1. The molecule has 0 radical (unpaired) electrons. The van der Waals surface area contributed by atoms with Crippen LogP contribution in [0.1, 0.15) is 44.9 Å². The lowest BCUT2D eigenvalue weighted by molar-refractivity contribution is 0.102. The molecule has 3 rings (SSSR count). The number of carbonyl (C=O) groups is 2. The zero-order valence-corrected chi connectivity index (χ0v) is 20.8. The van der Waals surface area contributed by atoms with Gasteiger partial charge in [-0.3, -0.25) is 10.1 Å². The predicted octanol–water partition coefficient (Wildman–Crippen LogP) is 5.87. The standard InChI is InChI=1S/C25H22ClFN2O7S/c1-14(10-17-13-29-25(37-17)36-16-7-8-19(27)18(26)11-16)22(31)21-20(30)12-15(35-23(21)32)6-4-3-5-9-28-24(33)34-2/h5,7-13,30H,3-4,6H2,1-2H3,(H,28,33)/b9-5+,14-10+/i2D3. The first-order valence-electron chi connectivity index (χ1n) is 12.1. The summed E-state index contributed by atoms with van der Waals surface area (Å²) < 4.78 is 48.6. The Balaban J connectivity index is 1.58. The number of thiazole rings is 1. The molecule has 9 nitrogen and oxygen atoms in total. The molecular weight excluding hydrogens is 527 g/mol. The summed E-state index contributed by atoms with van der Waals surface area (Å²) in [5.74, 6) is -1.44. The number of carbonyl (C=O) groups excluding carboxylic acids is 2. The second kappa shape index (κ2) is 12.8. The van der Waals surface area contributed by atoms with Crippen LogP contribution in [0.3, 0.4) is 0 Å². The molecule has 0 unspecified atom stereocenters. The Kier molecular flexibility index (Phi) is 8.13. The lowest BCUT2D eigenvalue weighted by Gasteiger charge is -2.05. The first kappa shape index (κ1) is 23.4. The second-order valence-electron chi connectivity index (χ2n) is 7.45. The van der Waals surface area contributed by atoms with Crippen LogP contribution in [-0.2, 0) is 11.2 Å². The van der Waals surface area contributed by atoms with Crippen LogP contribution in [0.4, 0.5) is 9.18 Å². The zero-order valence-electron chi connectivity index (χ0n) is 22.2. The fraction of sp³-hybridized carbons (Fsp3) is 0.200. The number of ketones is 1. The predicted molar refractivity (Wildman–Crippen MR) is 136 cm³/mol. The van der Waals surface area contributed by atoms with Crippen molar-refractivity contribution in [1.82, 2.24) is 10.3 Å². The van der Waals surface area contributed by atoms with Gasteiger partial charge in [0, 0.05) is 31.0 Å². The number of alkyl carbamates (subject to hydrolysis) is 1. The highest BCUT2D eigenvalue weighted by molar-refractivity contribution is 7.14. The summed E-state index contributed by atoms with van der Waals surface area (Å²) in [6.07, 6.45) is 5.62. The summed E-state index contributed by atoms with van der Waals surface area (Å²) in [6, 6.07) is 5.02. The number of allylic oxidation sites excluding steroid dienone is 2. The molecule has 194 valence electrons. The van der Waals surface area contributed by atoms with Gasteiger partial charge in [0.25, 0.3) is 5.19 Å². The first-order valence-corrected chi connectivity index (χ1v) is 11.8. The average molecular weight is 552 g/mol. The van der Waals surface area contributed by atoms with Crippen LogP contribution < -0.4 is 15.7 Å². The third-order valence-electron chi connectivity index (χ3n) is 4.73. The molecular formula is C25H22ClFN2O7S. The maximum atomic E-state index is 13.3. The van der Waals surface area contributed by atoms with Crippen LogP contribution in [0.5, 0.6) is 16.7 Å². The van der Waals surface area contributed by atoms with Gasteiger partial charge in [-0.2, -0.15) is 0 Å². The fourth-order valence-corrected chi connectivity index (χ4v) is 3.95. The Morgan fingerprint density at radius 2 is 2.19 bits per heavy atom. The lowest BCUT2D eigenvalue weighted by atomic mass is 10.0. The molecule has 0 atom stereocenters. The van der Waals surface area contributed by atoms with Crippen LogP contribution in [-0.4, -0.2) is 29.0 Å². The number of nitrogens with zero attached hydrogens (tertiary/aromatic N) is 1. The number of aryl methyl sites for hydroxylation is 1. The fourth-order valence-electron chi connectivity index (χ4n) is 3.00. The van der Waals surface area contributed by atoms with Crippen molar-refractivity contribution in [3.63, 3.8) is 0 Å². The van der Waals surface area contributed by atoms with Crippen molar-refractivity contribution in [3.8, 4) is 16.7 Å². The largest absolute Gasteiger partial charge is 0.507 e. The number of ether oxygens (including phenoxy) is 2. The van der Waals surface area contributed by atoms with Crippen molar-refractivity contribution in [2.75, 3.05) is 7.04 Å². The van der Waals surface area contributed by atoms with Crippen LogP contribution in [0.15, 0.2) is 57.5 Å². The Hall–Kier alpha value is -3.96. The first-order chi connectivity index (χ1) is 18.8. The van der Waals surface area contributed by atoms with Crippen molar-refractivity contribution in [2.24, 2.45) is 0 Å². The second-order valence-corrected chi connectivity index (χ2v) is 8.88. The molecule has 0 aliphatic carbocycles. The number of nitrogens with one attached hydrogen (secondary N) is 1. The molecule has 0 spiro atoms. The quantitative estimate of drug-likeness (QED) is 0.182. The summed E-state index contributed by atoms with van der Waals surface area (Å²) in [5.41, 5.74) is -1.39. The van der Waals surface area contributed by atoms with Gasteiger partial charge in [-0.15, -0.1) is 0 Å². The summed E-state index contributed by atoms with van der Waals surface area (Å²) in [6.45, 7) is 1.46. The topological polar surface area (TPSA) is 128 Å². The van der Waals surface area contributed by atoms with Gasteiger partial charge < -0.3 is 19.0 Å². The number of hydrogen-bond donors (Lipinski definition) is 2. The van der Waals surface area contributed by atoms with Gasteiger partial charge in [0.05, 0.1) is 21.1 Å². The van der Waals surface area contributed by atoms with E-state index in [4.69, 9.17) is 24.9 Å². The molecule has 12 heteroatoms. The van der Waals surface area contributed by atoms with Crippen molar-refractivity contribution in [3.05, 3.63) is 85.8 Å². The van der Waals surface area contributed by atoms with Gasteiger partial charge in [-0.05, 0) is 43.5 Å². The number of hydrogen-bond acceptors (Lipinski definition) is 9. The molecule has 2 aromatic heterocycles. The molecule has 0 saturated heterocycles. The van der Waals surface area contributed by atoms with Gasteiger partial charge in [0.15, 0.2) is 5.78 Å². The highest BCUT2D eigenvalue weighted by Gasteiger charge is 2.21. The Labute approximate surface area is 224 Å². The lowest BCUT2D eigenvalue weighted by Crippen LogP contribution is -2.16. The van der Waals surface area contributed by atoms with Gasteiger partial charge in [0.2, 0.25) is 0 Å². The molecule has 0 bridgehead atoms. The van der Waals surface area contributed by atoms with E-state index in [2.05, 4.69) is 15.0 Å². The number of amides is 1. The Morgan fingerprint density at radius 1 is 1.38 bits per heavy atom. The number of rotatable bonds is 10. The molecule has 0 saturated carbocycles. The third kappa shape index (κ3) is 7.76. The molecule has 0 aliphatic rings. The molecule has 3 aromatic rings. The summed E-state index contributed by atoms with van der Waals surface area (Å²) in [7, 11) is -2.85. The van der Waals surface area contributed by atoms with Gasteiger partial charge in [-0.1, -0.05) is 29.0 Å². The van der Waals surface area contributed by atoms with Crippen molar-refractivity contribution in [2.45, 2.75) is 26.2 Å². The van der Waals surface area contributed by atoms with Crippen molar-refractivity contribution >= 4 is 40.9 Å². The molecule has 2 heterocycles. The van der Waals surface area contributed by atoms with Crippen molar-refractivity contribution in [1.29, 1.82) is 0 Å². The minimum absolute atomic E-state index is 0.108. The summed E-state index contributed by atoms with van der Waals surface area (Å²) in [4.78, 5) is 41.2. The number of aromatic hydroxyl groups is 1. The van der Waals surface area contributed by atoms with E-state index in [1.165, 1.54) is 49.7 Å². The molecule has 0 fully saturated rings. The zero-order chi connectivity index (χ0) is 29.4. The van der Waals surface area contributed by atoms with E-state index in [-0.39, 0.29) is 33.7 Å². The molecule has 1 aromatic carbocycles. The van der Waals surface area contributed by atoms with E-state index < -0.39 is 41.7 Å². The van der Waals surface area contributed by atoms with E-state index in [0.29, 0.717) is 17.7 Å². The number of aromatic nitrogens is 1. The number of halogens is 2. The van der Waals surface area contributed by atoms with E-state index in [1.807, 2.05) is 0 Å². The van der Waals surface area contributed by atoms with E-state index in [9.17, 15) is 23.9 Å². The number of unbranched alkanes of at least 4 members (excludes halogenated alkanes) is 1. The van der Waals surface area contributed by atoms with Crippen LogP contribution in [0.25, 0.3) is 6.08 Å². The molecule has 37 heavy (non-hydrogen) atoms. The van der Waals surface area contributed by atoms with Gasteiger partial charge >= 0.3 is 11.7 Å². The number of methoxy groups -OCH3 is 1. The molecule has 2 N–H and O–H groups in total. The minimum Gasteiger partial charge on any atom is -0.507 e. The van der Waals surface area contributed by atoms with E-state index in [1.54, 1.807) is 0 Å². The van der Waals surface area contributed by atoms with E-state index in [0.717, 1.165) is 17.4 Å². The highest BCUT2D eigenvalue weighted by atomic mass is 35.5. The summed E-state index contributed by atoms with van der Waals surface area (Å²) >= 11 is 6.83. The SMILES string of the molecule is [2H]C([2H])([2H])OC(=O)N/C=C/CCCc1cc(O)c(C(=O)/C(C)=C/c2cnc(Oc3ccc(F)c(Cl)c3)s2)c(=O)o1. The number of benzene rings is 1. The van der Waals surface area contributed by atoms with E-state index >= 15 is 0 Å². The smallest absolute Gasteiger partial charge is 0.410 e. The Bertz CT molecular complexity index is 1520. The van der Waals surface area contributed by atoms with Crippen LogP contribution in [0.2, 0.25) is 5.02 Å². The summed E-state index contributed by atoms with van der Waals surface area (Å²) in [5, 5.41) is 12.6. The Morgan fingerprint density at radius 3 is 2.92 bits per heavy atom. The van der Waals surface area contributed by atoms with Crippen molar-refractivity contribution < 1.29 is 37.1 Å². The van der Waals surface area contributed by atoms with Gasteiger partial charge in [0.1, 0.15) is 28.6 Å². The molecule has 0 aliphatic heterocycles. The monoisotopic (exact) mass is 551 g/mol. The maximum absolute atomic E-state index is 13.3. The third-order valence-corrected chi connectivity index (χ3v) is 5.84. The molecule has 1 amide bonds. The minimum atomic E-state index is -2.85. The average Bonchev–Trinajstić information content (AvgIpc) is 3.28.